The van der Waals surface area contributed by atoms with E-state index in [-0.39, 0.29) is 11.4 Å². The van der Waals surface area contributed by atoms with Gasteiger partial charge in [-0.05, 0) is 6.42 Å². The molecule has 2 N–H and O–H groups in total. The Balaban J connectivity index is 3.18. The lowest BCUT2D eigenvalue weighted by atomic mass is 10.2. The van der Waals surface area contributed by atoms with Crippen LogP contribution in [0.4, 0.5) is 5.95 Å². The molecule has 1 rings (SSSR count). The highest BCUT2D eigenvalue weighted by Crippen LogP contribution is 2.13. The predicted molar refractivity (Wildman–Crippen MR) is 54.8 cm³/mol. The molecule has 5 nitrogen and oxygen atoms in total. The average molecular weight is 197 g/mol. The Morgan fingerprint density at radius 1 is 1.50 bits per heavy atom. The molecule has 0 unspecified atom stereocenters. The third-order valence-corrected chi connectivity index (χ3v) is 1.90. The van der Waals surface area contributed by atoms with E-state index in [0.717, 1.165) is 6.42 Å². The number of hydrogen-bond acceptors (Lipinski definition) is 4. The first kappa shape index (κ1) is 10.6. The number of H-pyrrole nitrogens is 1. The maximum Gasteiger partial charge on any atom is 0.259 e. The number of hydrogen-bond donors (Lipinski definition) is 2. The molecule has 5 heteroatoms. The quantitative estimate of drug-likeness (QED) is 0.740. The summed E-state index contributed by atoms with van der Waals surface area (Å²) in [4.78, 5) is 19.6. The minimum absolute atomic E-state index is 0.167. The van der Waals surface area contributed by atoms with Crippen LogP contribution in [0.3, 0.4) is 0 Å². The topological polar surface area (TPSA) is 69.2 Å². The Morgan fingerprint density at radius 3 is 2.57 bits per heavy atom. The Bertz CT molecular complexity index is 371. The van der Waals surface area contributed by atoms with Crippen LogP contribution in [0.25, 0.3) is 0 Å². The summed E-state index contributed by atoms with van der Waals surface area (Å²) in [6.45, 7) is 1.94. The van der Waals surface area contributed by atoms with Crippen molar-refractivity contribution in [3.63, 3.8) is 0 Å². The van der Waals surface area contributed by atoms with Gasteiger partial charge in [-0.25, -0.2) is 0 Å². The summed E-state index contributed by atoms with van der Waals surface area (Å²) in [7, 11) is 3.49. The molecule has 0 aliphatic carbocycles. The molecule has 1 aromatic rings. The minimum Gasteiger partial charge on any atom is -0.493 e. The van der Waals surface area contributed by atoms with Crippen molar-refractivity contribution in [2.45, 2.75) is 19.8 Å². The van der Waals surface area contributed by atoms with Crippen molar-refractivity contribution in [1.82, 2.24) is 9.97 Å². The summed E-state index contributed by atoms with van der Waals surface area (Å²) in [6.07, 6.45) is 1.35. The average Bonchev–Trinajstić information content (AvgIpc) is 2.10. The summed E-state index contributed by atoms with van der Waals surface area (Å²) in [5, 5.41) is 9.49. The van der Waals surface area contributed by atoms with E-state index >= 15 is 0 Å². The fourth-order valence-electron chi connectivity index (χ4n) is 1.16. The zero-order chi connectivity index (χ0) is 10.7. The second-order valence-electron chi connectivity index (χ2n) is 3.34. The number of aromatic nitrogens is 2. The number of anilines is 1. The van der Waals surface area contributed by atoms with Crippen LogP contribution in [0.1, 0.15) is 18.9 Å². The molecule has 0 spiro atoms. The zero-order valence-electron chi connectivity index (χ0n) is 8.66. The fraction of sp³-hybridized carbons (Fsp3) is 0.556. The Morgan fingerprint density at radius 2 is 2.14 bits per heavy atom. The molecule has 14 heavy (non-hydrogen) atoms. The monoisotopic (exact) mass is 197 g/mol. The first-order valence-corrected chi connectivity index (χ1v) is 4.55. The molecule has 1 aromatic heterocycles. The van der Waals surface area contributed by atoms with Crippen LogP contribution in [-0.4, -0.2) is 29.2 Å². The van der Waals surface area contributed by atoms with Gasteiger partial charge in [-0.3, -0.25) is 9.78 Å². The molecular weight excluding hydrogens is 182 g/mol. The highest BCUT2D eigenvalue weighted by molar-refractivity contribution is 5.33. The second-order valence-corrected chi connectivity index (χ2v) is 3.34. The first-order valence-electron chi connectivity index (χ1n) is 4.55. The summed E-state index contributed by atoms with van der Waals surface area (Å²) in [6, 6.07) is 0. The Labute approximate surface area is 82.4 Å². The van der Waals surface area contributed by atoms with Gasteiger partial charge in [0.2, 0.25) is 11.8 Å². The zero-order valence-corrected chi connectivity index (χ0v) is 8.66. The lowest BCUT2D eigenvalue weighted by Gasteiger charge is -2.11. The number of aromatic amines is 1. The van der Waals surface area contributed by atoms with Gasteiger partial charge in [-0.15, -0.1) is 0 Å². The highest BCUT2D eigenvalue weighted by Gasteiger charge is 2.10. The summed E-state index contributed by atoms with van der Waals surface area (Å²) >= 11 is 0. The van der Waals surface area contributed by atoms with Gasteiger partial charge < -0.3 is 10.0 Å². The third kappa shape index (κ3) is 2.04. The van der Waals surface area contributed by atoms with Crippen molar-refractivity contribution >= 4 is 5.95 Å². The molecular formula is C9H15N3O2. The van der Waals surface area contributed by atoms with Gasteiger partial charge in [0.25, 0.3) is 5.56 Å². The van der Waals surface area contributed by atoms with E-state index in [9.17, 15) is 9.90 Å². The molecule has 0 aliphatic heterocycles. The van der Waals surface area contributed by atoms with E-state index in [2.05, 4.69) is 9.97 Å². The van der Waals surface area contributed by atoms with Crippen molar-refractivity contribution in [3.8, 4) is 5.88 Å². The van der Waals surface area contributed by atoms with E-state index in [0.29, 0.717) is 17.9 Å². The Kier molecular flexibility index (Phi) is 3.11. The lowest BCUT2D eigenvalue weighted by molar-refractivity contribution is 0.442. The van der Waals surface area contributed by atoms with Crippen LogP contribution in [0.5, 0.6) is 5.88 Å². The standard InChI is InChI=1S/C9H15N3O2/c1-4-5-6-7(13)10-9(12(2)3)11-8(6)14/h4-5H2,1-3H3,(H2,10,11,13,14). The van der Waals surface area contributed by atoms with Gasteiger partial charge in [-0.1, -0.05) is 13.3 Å². The highest BCUT2D eigenvalue weighted by atomic mass is 16.3. The van der Waals surface area contributed by atoms with Crippen LogP contribution < -0.4 is 10.5 Å². The van der Waals surface area contributed by atoms with E-state index < -0.39 is 0 Å². The number of nitrogens with zero attached hydrogens (tertiary/aromatic N) is 2. The van der Waals surface area contributed by atoms with Crippen molar-refractivity contribution < 1.29 is 5.11 Å². The number of nitrogens with one attached hydrogen (secondary N) is 1. The summed E-state index contributed by atoms with van der Waals surface area (Å²) in [5.74, 6) is 0.201. The Hall–Kier alpha value is -1.52. The van der Waals surface area contributed by atoms with E-state index in [4.69, 9.17) is 0 Å². The van der Waals surface area contributed by atoms with Gasteiger partial charge in [0.05, 0.1) is 5.56 Å². The van der Waals surface area contributed by atoms with Crippen molar-refractivity contribution in [2.75, 3.05) is 19.0 Å². The molecule has 0 radical (unpaired) electrons. The predicted octanol–water partition coefficient (Wildman–Crippen LogP) is 0.494. The van der Waals surface area contributed by atoms with Crippen molar-refractivity contribution in [1.29, 1.82) is 0 Å². The maximum atomic E-state index is 11.5. The molecule has 0 aliphatic rings. The van der Waals surface area contributed by atoms with Crippen LogP contribution >= 0.6 is 0 Å². The molecule has 0 atom stereocenters. The molecule has 0 aromatic carbocycles. The molecule has 0 bridgehead atoms. The van der Waals surface area contributed by atoms with E-state index in [1.165, 1.54) is 0 Å². The van der Waals surface area contributed by atoms with Crippen molar-refractivity contribution in [2.24, 2.45) is 0 Å². The lowest BCUT2D eigenvalue weighted by Crippen LogP contribution is -2.21. The van der Waals surface area contributed by atoms with Gasteiger partial charge >= 0.3 is 0 Å². The molecule has 0 fully saturated rings. The summed E-state index contributed by atoms with van der Waals surface area (Å²) in [5.41, 5.74) is 0.0983. The molecule has 78 valence electrons. The van der Waals surface area contributed by atoms with E-state index in [1.54, 1.807) is 19.0 Å². The van der Waals surface area contributed by atoms with Gasteiger partial charge in [-0.2, -0.15) is 4.98 Å². The van der Waals surface area contributed by atoms with Gasteiger partial charge in [0.15, 0.2) is 0 Å². The SMILES string of the molecule is CCCc1c(O)nc(N(C)C)[nH]c1=O. The molecule has 0 saturated heterocycles. The molecule has 1 heterocycles. The van der Waals surface area contributed by atoms with E-state index in [1.807, 2.05) is 6.92 Å². The third-order valence-electron chi connectivity index (χ3n) is 1.90. The summed E-state index contributed by atoms with van der Waals surface area (Å²) < 4.78 is 0. The van der Waals surface area contributed by atoms with Crippen LogP contribution in [-0.2, 0) is 6.42 Å². The molecule has 0 amide bonds. The fourth-order valence-corrected chi connectivity index (χ4v) is 1.16. The van der Waals surface area contributed by atoms with Gasteiger partial charge in [0.1, 0.15) is 0 Å². The second kappa shape index (κ2) is 4.13. The molecule has 0 saturated carbocycles. The van der Waals surface area contributed by atoms with Crippen LogP contribution in [0.15, 0.2) is 4.79 Å². The smallest absolute Gasteiger partial charge is 0.259 e. The first-order chi connectivity index (χ1) is 6.56. The van der Waals surface area contributed by atoms with Crippen LogP contribution in [0, 0.1) is 0 Å². The normalized spacial score (nSPS) is 10.2. The van der Waals surface area contributed by atoms with Crippen LogP contribution in [0.2, 0.25) is 0 Å². The van der Waals surface area contributed by atoms with Gasteiger partial charge in [0, 0.05) is 14.1 Å². The minimum atomic E-state index is -0.261. The van der Waals surface area contributed by atoms with Crippen molar-refractivity contribution in [3.05, 3.63) is 15.9 Å². The number of rotatable bonds is 3. The largest absolute Gasteiger partial charge is 0.493 e. The maximum absolute atomic E-state index is 11.5. The number of aromatic hydroxyl groups is 1.